The van der Waals surface area contributed by atoms with Crippen molar-refractivity contribution in [2.45, 2.75) is 26.1 Å². The average Bonchev–Trinajstić information content (AvgIpc) is 3.52. The SMILES string of the molecule is Cc1c(C(=O)Nc2cccc(C(F)(F)F)c2)cc(-c2ccccc2)n1CCCN(C)C(=O)c1ccco1. The summed E-state index contributed by atoms with van der Waals surface area (Å²) in [6, 6.07) is 19.1. The molecule has 0 aliphatic heterocycles. The van der Waals surface area contributed by atoms with Gasteiger partial charge in [0.15, 0.2) is 5.76 Å². The Balaban J connectivity index is 1.55. The van der Waals surface area contributed by atoms with Gasteiger partial charge in [0.05, 0.1) is 17.4 Å². The van der Waals surface area contributed by atoms with E-state index in [0.29, 0.717) is 30.8 Å². The van der Waals surface area contributed by atoms with Crippen LogP contribution in [0.25, 0.3) is 11.3 Å². The van der Waals surface area contributed by atoms with E-state index in [1.54, 1.807) is 37.1 Å². The zero-order valence-electron chi connectivity index (χ0n) is 20.4. The van der Waals surface area contributed by atoms with Gasteiger partial charge in [-0.15, -0.1) is 0 Å². The highest BCUT2D eigenvalue weighted by molar-refractivity contribution is 6.06. The van der Waals surface area contributed by atoms with E-state index in [0.717, 1.165) is 23.4 Å². The zero-order valence-corrected chi connectivity index (χ0v) is 20.4. The molecule has 0 saturated heterocycles. The molecule has 0 radical (unpaired) electrons. The van der Waals surface area contributed by atoms with Crippen molar-refractivity contribution in [3.63, 3.8) is 0 Å². The van der Waals surface area contributed by atoms with E-state index in [-0.39, 0.29) is 17.4 Å². The Morgan fingerprint density at radius 3 is 2.43 bits per heavy atom. The van der Waals surface area contributed by atoms with Crippen molar-refractivity contribution in [1.29, 1.82) is 0 Å². The third-order valence-corrected chi connectivity index (χ3v) is 6.08. The third-order valence-electron chi connectivity index (χ3n) is 6.08. The summed E-state index contributed by atoms with van der Waals surface area (Å²) in [4.78, 5) is 27.2. The number of carbonyl (C=O) groups is 2. The normalized spacial score (nSPS) is 11.4. The number of anilines is 1. The number of halogens is 3. The summed E-state index contributed by atoms with van der Waals surface area (Å²) in [6.45, 7) is 2.77. The van der Waals surface area contributed by atoms with Crippen LogP contribution in [0.2, 0.25) is 0 Å². The number of hydrogen-bond acceptors (Lipinski definition) is 3. The van der Waals surface area contributed by atoms with Crippen molar-refractivity contribution >= 4 is 17.5 Å². The molecule has 0 unspecified atom stereocenters. The minimum Gasteiger partial charge on any atom is -0.459 e. The summed E-state index contributed by atoms with van der Waals surface area (Å²) in [7, 11) is 1.69. The van der Waals surface area contributed by atoms with E-state index in [1.165, 1.54) is 18.4 Å². The van der Waals surface area contributed by atoms with Crippen LogP contribution in [0.3, 0.4) is 0 Å². The van der Waals surface area contributed by atoms with Crippen molar-refractivity contribution in [2.24, 2.45) is 0 Å². The maximum atomic E-state index is 13.1. The van der Waals surface area contributed by atoms with Crippen molar-refractivity contribution in [1.82, 2.24) is 9.47 Å². The third kappa shape index (κ3) is 5.94. The first-order valence-corrected chi connectivity index (χ1v) is 11.7. The van der Waals surface area contributed by atoms with E-state index >= 15 is 0 Å². The minimum atomic E-state index is -4.51. The van der Waals surface area contributed by atoms with Crippen LogP contribution >= 0.6 is 0 Å². The van der Waals surface area contributed by atoms with Crippen LogP contribution in [0.1, 0.15) is 38.6 Å². The van der Waals surface area contributed by atoms with Crippen LogP contribution in [0.15, 0.2) is 83.5 Å². The van der Waals surface area contributed by atoms with E-state index in [1.807, 2.05) is 34.9 Å². The fraction of sp³-hybridized carbons (Fsp3) is 0.214. The highest BCUT2D eigenvalue weighted by Gasteiger charge is 2.30. The van der Waals surface area contributed by atoms with Crippen molar-refractivity contribution in [3.8, 4) is 11.3 Å². The van der Waals surface area contributed by atoms with Gasteiger partial charge in [-0.05, 0) is 55.3 Å². The summed E-state index contributed by atoms with van der Waals surface area (Å²) in [6.07, 6.45) is -2.46. The second-order valence-electron chi connectivity index (χ2n) is 8.64. The number of furan rings is 1. The molecule has 0 aliphatic rings. The molecule has 0 atom stereocenters. The average molecular weight is 510 g/mol. The van der Waals surface area contributed by atoms with Gasteiger partial charge in [-0.3, -0.25) is 9.59 Å². The van der Waals surface area contributed by atoms with Gasteiger partial charge in [-0.2, -0.15) is 13.2 Å². The second-order valence-corrected chi connectivity index (χ2v) is 8.64. The Kier molecular flexibility index (Phi) is 7.52. The summed E-state index contributed by atoms with van der Waals surface area (Å²) < 4.78 is 46.5. The first-order chi connectivity index (χ1) is 17.6. The molecule has 0 fully saturated rings. The van der Waals surface area contributed by atoms with Crippen LogP contribution < -0.4 is 5.32 Å². The molecule has 0 spiro atoms. The highest BCUT2D eigenvalue weighted by atomic mass is 19.4. The molecule has 192 valence electrons. The number of amides is 2. The quantitative estimate of drug-likeness (QED) is 0.295. The summed E-state index contributed by atoms with van der Waals surface area (Å²) >= 11 is 0. The number of alkyl halides is 3. The monoisotopic (exact) mass is 509 g/mol. The van der Waals surface area contributed by atoms with Crippen molar-refractivity contribution in [3.05, 3.63) is 102 Å². The molecule has 2 aromatic carbocycles. The Bertz CT molecular complexity index is 1380. The number of aromatic nitrogens is 1. The Morgan fingerprint density at radius 1 is 1.00 bits per heavy atom. The van der Waals surface area contributed by atoms with Crippen LogP contribution in [0, 0.1) is 6.92 Å². The minimum absolute atomic E-state index is 0.0614. The molecular weight excluding hydrogens is 483 g/mol. The Morgan fingerprint density at radius 2 is 1.76 bits per heavy atom. The standard InChI is InChI=1S/C28H26F3N3O3/c1-19-23(26(35)32-22-12-6-11-21(17-22)28(29,30)31)18-24(20-9-4-3-5-10-20)34(19)15-8-14-33(2)27(36)25-13-7-16-37-25/h3-7,9-13,16-18H,8,14-15H2,1-2H3,(H,32,35). The van der Waals surface area contributed by atoms with E-state index < -0.39 is 17.6 Å². The second kappa shape index (κ2) is 10.8. The molecule has 2 heterocycles. The lowest BCUT2D eigenvalue weighted by atomic mass is 10.1. The molecule has 9 heteroatoms. The smallest absolute Gasteiger partial charge is 0.416 e. The predicted molar refractivity (Wildman–Crippen MR) is 134 cm³/mol. The first kappa shape index (κ1) is 25.8. The maximum Gasteiger partial charge on any atom is 0.416 e. The fourth-order valence-corrected chi connectivity index (χ4v) is 4.14. The maximum absolute atomic E-state index is 13.1. The van der Waals surface area contributed by atoms with Gasteiger partial charge < -0.3 is 19.2 Å². The van der Waals surface area contributed by atoms with Crippen molar-refractivity contribution in [2.75, 3.05) is 18.9 Å². The topological polar surface area (TPSA) is 67.5 Å². The van der Waals surface area contributed by atoms with Gasteiger partial charge in [-0.25, -0.2) is 0 Å². The van der Waals surface area contributed by atoms with Gasteiger partial charge in [0.25, 0.3) is 11.8 Å². The summed E-state index contributed by atoms with van der Waals surface area (Å²) in [5.74, 6) is -0.463. The van der Waals surface area contributed by atoms with E-state index in [9.17, 15) is 22.8 Å². The number of benzene rings is 2. The number of rotatable bonds is 8. The van der Waals surface area contributed by atoms with Crippen LogP contribution in [-0.2, 0) is 12.7 Å². The van der Waals surface area contributed by atoms with Crippen molar-refractivity contribution < 1.29 is 27.2 Å². The zero-order chi connectivity index (χ0) is 26.6. The van der Waals surface area contributed by atoms with E-state index in [4.69, 9.17) is 4.42 Å². The largest absolute Gasteiger partial charge is 0.459 e. The summed E-state index contributed by atoms with van der Waals surface area (Å²) in [5, 5.41) is 2.59. The number of carbonyl (C=O) groups excluding carboxylic acids is 2. The molecule has 0 aliphatic carbocycles. The highest BCUT2D eigenvalue weighted by Crippen LogP contribution is 2.31. The molecule has 4 rings (SSSR count). The van der Waals surface area contributed by atoms with Crippen LogP contribution in [-0.4, -0.2) is 34.9 Å². The Hall–Kier alpha value is -4.27. The lowest BCUT2D eigenvalue weighted by molar-refractivity contribution is -0.137. The number of hydrogen-bond donors (Lipinski definition) is 1. The van der Waals surface area contributed by atoms with Gasteiger partial charge >= 0.3 is 6.18 Å². The van der Waals surface area contributed by atoms with Crippen LogP contribution in [0.4, 0.5) is 18.9 Å². The number of nitrogens with zero attached hydrogens (tertiary/aromatic N) is 2. The molecule has 2 amide bonds. The molecule has 6 nitrogen and oxygen atoms in total. The fourth-order valence-electron chi connectivity index (χ4n) is 4.14. The summed E-state index contributed by atoms with van der Waals surface area (Å²) in [5.41, 5.74) is 1.94. The molecular formula is C28H26F3N3O3. The van der Waals surface area contributed by atoms with Gasteiger partial charge in [0.1, 0.15) is 0 Å². The first-order valence-electron chi connectivity index (χ1n) is 11.7. The molecule has 2 aromatic heterocycles. The predicted octanol–water partition coefficient (Wildman–Crippen LogP) is 6.49. The van der Waals surface area contributed by atoms with E-state index in [2.05, 4.69) is 5.32 Å². The Labute approximate surface area is 212 Å². The van der Waals surface area contributed by atoms with Gasteiger partial charge in [0, 0.05) is 37.2 Å². The molecule has 1 N–H and O–H groups in total. The number of nitrogens with one attached hydrogen (secondary N) is 1. The lowest BCUT2D eigenvalue weighted by Gasteiger charge is -2.17. The molecule has 0 bridgehead atoms. The van der Waals surface area contributed by atoms with Gasteiger partial charge in [0.2, 0.25) is 0 Å². The van der Waals surface area contributed by atoms with Gasteiger partial charge in [-0.1, -0.05) is 36.4 Å². The molecule has 37 heavy (non-hydrogen) atoms. The molecule has 0 saturated carbocycles. The molecule has 4 aromatic rings. The lowest BCUT2D eigenvalue weighted by Crippen LogP contribution is -2.28. The van der Waals surface area contributed by atoms with Crippen LogP contribution in [0.5, 0.6) is 0 Å².